The van der Waals surface area contributed by atoms with Gasteiger partial charge in [0.1, 0.15) is 11.5 Å². The third-order valence-corrected chi connectivity index (χ3v) is 5.79. The molecule has 3 aromatic rings. The smallest absolute Gasteiger partial charge is 0.237 e. The van der Waals surface area contributed by atoms with Gasteiger partial charge in [-0.25, -0.2) is 0 Å². The van der Waals surface area contributed by atoms with E-state index in [-0.39, 0.29) is 5.91 Å². The molecule has 0 spiro atoms. The zero-order valence-electron chi connectivity index (χ0n) is 15.9. The van der Waals surface area contributed by atoms with E-state index in [2.05, 4.69) is 45.7 Å². The van der Waals surface area contributed by atoms with Crippen LogP contribution in [0.4, 0.5) is 0 Å². The molecule has 0 unspecified atom stereocenters. The monoisotopic (exact) mass is 376 g/mol. The van der Waals surface area contributed by atoms with Crippen molar-refractivity contribution in [2.45, 2.75) is 13.0 Å². The van der Waals surface area contributed by atoms with Gasteiger partial charge in [0.2, 0.25) is 5.91 Å². The van der Waals surface area contributed by atoms with Crippen LogP contribution in [0.5, 0.6) is 0 Å². The maximum Gasteiger partial charge on any atom is 0.237 e. The van der Waals surface area contributed by atoms with Crippen LogP contribution < -0.4 is 5.32 Å². The summed E-state index contributed by atoms with van der Waals surface area (Å²) < 4.78 is 5.66. The third kappa shape index (κ3) is 3.19. The predicted molar refractivity (Wildman–Crippen MR) is 108 cm³/mol. The van der Waals surface area contributed by atoms with Crippen molar-refractivity contribution < 1.29 is 9.32 Å². The standard InChI is InChI=1S/C22H24N4O2/c27-21(15-25-12-9-23-10-13-25)26-11-8-20-19(14-26)22(24-28-20)18-7-3-5-16-4-1-2-6-17(16)18/h1-7,23H,8-15H2. The zero-order valence-corrected chi connectivity index (χ0v) is 15.9. The molecule has 0 atom stereocenters. The van der Waals surface area contributed by atoms with Crippen molar-refractivity contribution in [1.29, 1.82) is 0 Å². The summed E-state index contributed by atoms with van der Waals surface area (Å²) in [4.78, 5) is 17.1. The van der Waals surface area contributed by atoms with E-state index in [0.29, 0.717) is 19.6 Å². The molecule has 6 heteroatoms. The minimum atomic E-state index is 0.192. The first-order valence-electron chi connectivity index (χ1n) is 9.96. The Kier molecular flexibility index (Phi) is 4.58. The summed E-state index contributed by atoms with van der Waals surface area (Å²) in [5.41, 5.74) is 2.99. The molecule has 1 fully saturated rings. The number of carbonyl (C=O) groups is 1. The van der Waals surface area contributed by atoms with E-state index in [1.807, 2.05) is 17.0 Å². The van der Waals surface area contributed by atoms with Crippen molar-refractivity contribution in [2.75, 3.05) is 39.3 Å². The Morgan fingerprint density at radius 3 is 2.79 bits per heavy atom. The van der Waals surface area contributed by atoms with Crippen LogP contribution in [0.3, 0.4) is 0 Å². The van der Waals surface area contributed by atoms with Crippen LogP contribution in [0.15, 0.2) is 47.0 Å². The fourth-order valence-corrected chi connectivity index (χ4v) is 4.23. The molecule has 1 saturated heterocycles. The first-order valence-corrected chi connectivity index (χ1v) is 9.96. The zero-order chi connectivity index (χ0) is 18.9. The first-order chi connectivity index (χ1) is 13.8. The normalized spacial score (nSPS) is 17.6. The van der Waals surface area contributed by atoms with E-state index in [0.717, 1.165) is 60.6 Å². The molecule has 3 heterocycles. The van der Waals surface area contributed by atoms with Gasteiger partial charge in [-0.05, 0) is 10.8 Å². The fourth-order valence-electron chi connectivity index (χ4n) is 4.23. The van der Waals surface area contributed by atoms with Crippen molar-refractivity contribution in [3.63, 3.8) is 0 Å². The Hall–Kier alpha value is -2.70. The van der Waals surface area contributed by atoms with Crippen molar-refractivity contribution in [3.05, 3.63) is 53.8 Å². The molecule has 144 valence electrons. The minimum Gasteiger partial charge on any atom is -0.360 e. The van der Waals surface area contributed by atoms with Crippen molar-refractivity contribution in [2.24, 2.45) is 0 Å². The predicted octanol–water partition coefficient (Wildman–Crippen LogP) is 2.28. The second-order valence-corrected chi connectivity index (χ2v) is 7.55. The summed E-state index contributed by atoms with van der Waals surface area (Å²) in [6, 6.07) is 14.5. The largest absolute Gasteiger partial charge is 0.360 e. The van der Waals surface area contributed by atoms with Gasteiger partial charge in [-0.1, -0.05) is 47.6 Å². The molecule has 2 aliphatic rings. The molecule has 1 aromatic heterocycles. The molecular weight excluding hydrogens is 352 g/mol. The first kappa shape index (κ1) is 17.4. The lowest BCUT2D eigenvalue weighted by molar-refractivity contribution is -0.133. The summed E-state index contributed by atoms with van der Waals surface area (Å²) in [7, 11) is 0. The fraction of sp³-hybridized carbons (Fsp3) is 0.364. The van der Waals surface area contributed by atoms with Crippen LogP contribution in [0.25, 0.3) is 22.0 Å². The van der Waals surface area contributed by atoms with Crippen molar-refractivity contribution in [1.82, 2.24) is 20.3 Å². The highest BCUT2D eigenvalue weighted by molar-refractivity contribution is 5.96. The molecule has 5 rings (SSSR count). The van der Waals surface area contributed by atoms with Crippen LogP contribution >= 0.6 is 0 Å². The van der Waals surface area contributed by atoms with Crippen LogP contribution in [-0.4, -0.2) is 60.1 Å². The second-order valence-electron chi connectivity index (χ2n) is 7.55. The molecule has 0 bridgehead atoms. The van der Waals surface area contributed by atoms with E-state index < -0.39 is 0 Å². The van der Waals surface area contributed by atoms with Gasteiger partial charge in [0.15, 0.2) is 0 Å². The number of aromatic nitrogens is 1. The van der Waals surface area contributed by atoms with Gasteiger partial charge in [0, 0.05) is 50.3 Å². The summed E-state index contributed by atoms with van der Waals surface area (Å²) >= 11 is 0. The van der Waals surface area contributed by atoms with Crippen LogP contribution in [0, 0.1) is 0 Å². The van der Waals surface area contributed by atoms with Crippen molar-refractivity contribution >= 4 is 16.7 Å². The van der Waals surface area contributed by atoms with Gasteiger partial charge in [0.25, 0.3) is 0 Å². The molecule has 1 N–H and O–H groups in total. The van der Waals surface area contributed by atoms with Gasteiger partial charge >= 0.3 is 0 Å². The maximum atomic E-state index is 12.9. The maximum absolute atomic E-state index is 12.9. The quantitative estimate of drug-likeness (QED) is 0.760. The number of nitrogens with one attached hydrogen (secondary N) is 1. The molecule has 2 aliphatic heterocycles. The number of amides is 1. The van der Waals surface area contributed by atoms with E-state index >= 15 is 0 Å². The van der Waals surface area contributed by atoms with Crippen LogP contribution in [0.1, 0.15) is 11.3 Å². The van der Waals surface area contributed by atoms with Gasteiger partial charge < -0.3 is 14.7 Å². The molecule has 2 aromatic carbocycles. The summed E-state index contributed by atoms with van der Waals surface area (Å²) in [6.07, 6.45) is 0.723. The molecule has 1 amide bonds. The van der Waals surface area contributed by atoms with Crippen LogP contribution in [0.2, 0.25) is 0 Å². The summed E-state index contributed by atoms with van der Waals surface area (Å²) in [5, 5.41) is 10.1. The number of fused-ring (bicyclic) bond motifs is 2. The number of hydrogen-bond donors (Lipinski definition) is 1. The lowest BCUT2D eigenvalue weighted by Crippen LogP contribution is -2.49. The minimum absolute atomic E-state index is 0.192. The Bertz CT molecular complexity index is 1000. The van der Waals surface area contributed by atoms with Crippen molar-refractivity contribution in [3.8, 4) is 11.3 Å². The highest BCUT2D eigenvalue weighted by atomic mass is 16.5. The van der Waals surface area contributed by atoms with Gasteiger partial charge in [-0.15, -0.1) is 0 Å². The number of rotatable bonds is 3. The molecular formula is C22H24N4O2. The molecule has 6 nitrogen and oxygen atoms in total. The van der Waals surface area contributed by atoms with E-state index in [1.165, 1.54) is 5.39 Å². The topological polar surface area (TPSA) is 61.6 Å². The Morgan fingerprint density at radius 2 is 1.89 bits per heavy atom. The van der Waals surface area contributed by atoms with Gasteiger partial charge in [-0.3, -0.25) is 9.69 Å². The Balaban J connectivity index is 1.41. The Morgan fingerprint density at radius 1 is 1.07 bits per heavy atom. The highest BCUT2D eigenvalue weighted by Gasteiger charge is 2.29. The second kappa shape index (κ2) is 7.37. The molecule has 0 radical (unpaired) electrons. The van der Waals surface area contributed by atoms with Crippen LogP contribution in [-0.2, 0) is 17.8 Å². The molecule has 0 aliphatic carbocycles. The number of hydrogen-bond acceptors (Lipinski definition) is 5. The summed E-state index contributed by atoms with van der Waals surface area (Å²) in [5.74, 6) is 1.10. The highest BCUT2D eigenvalue weighted by Crippen LogP contribution is 2.34. The SMILES string of the molecule is O=C(CN1CCNCC1)N1CCc2onc(-c3cccc4ccccc34)c2C1. The number of nitrogens with zero attached hydrogens (tertiary/aromatic N) is 3. The lowest BCUT2D eigenvalue weighted by atomic mass is 9.97. The lowest BCUT2D eigenvalue weighted by Gasteiger charge is -2.31. The molecule has 28 heavy (non-hydrogen) atoms. The number of piperazine rings is 1. The average molecular weight is 376 g/mol. The molecule has 0 saturated carbocycles. The number of carbonyl (C=O) groups excluding carboxylic acids is 1. The number of benzene rings is 2. The van der Waals surface area contributed by atoms with Gasteiger partial charge in [-0.2, -0.15) is 0 Å². The Labute approximate surface area is 164 Å². The van der Waals surface area contributed by atoms with Gasteiger partial charge in [0.05, 0.1) is 13.1 Å². The van der Waals surface area contributed by atoms with E-state index in [4.69, 9.17) is 4.52 Å². The van der Waals surface area contributed by atoms with E-state index in [9.17, 15) is 4.79 Å². The average Bonchev–Trinajstić information content (AvgIpc) is 3.17. The van der Waals surface area contributed by atoms with E-state index in [1.54, 1.807) is 0 Å². The summed E-state index contributed by atoms with van der Waals surface area (Å²) in [6.45, 7) is 5.53. The third-order valence-electron chi connectivity index (χ3n) is 5.79.